The van der Waals surface area contributed by atoms with E-state index in [0.29, 0.717) is 19.8 Å². The van der Waals surface area contributed by atoms with Crippen LogP contribution in [0.5, 0.6) is 0 Å². The zero-order valence-electron chi connectivity index (χ0n) is 25.0. The molecule has 1 N–H and O–H groups in total. The fourth-order valence-electron chi connectivity index (χ4n) is 6.56. The largest absolute Gasteiger partial charge is 0.416 e. The van der Waals surface area contributed by atoms with Gasteiger partial charge in [0.2, 0.25) is 6.41 Å². The van der Waals surface area contributed by atoms with Gasteiger partial charge in [-0.3, -0.25) is 19.3 Å². The monoisotopic (exact) mass is 613 g/mol. The Balaban J connectivity index is 0.000000367. The third-order valence-corrected chi connectivity index (χ3v) is 8.93. The number of ether oxygens (including phenoxy) is 1. The molecule has 3 atom stereocenters. The highest BCUT2D eigenvalue weighted by Crippen LogP contribution is 2.51. The van der Waals surface area contributed by atoms with Crippen LogP contribution in [0.1, 0.15) is 84.6 Å². The van der Waals surface area contributed by atoms with E-state index >= 15 is 0 Å². The van der Waals surface area contributed by atoms with Gasteiger partial charge in [-0.2, -0.15) is 18.3 Å². The van der Waals surface area contributed by atoms with Crippen LogP contribution in [0.2, 0.25) is 0 Å². The molecule has 3 aliphatic heterocycles. The number of nitrogens with one attached hydrogen (secondary N) is 1. The number of fused-ring (bicyclic) bond motifs is 1. The number of carbonyl (C=O) groups excluding carboxylic acids is 3. The first-order valence-corrected chi connectivity index (χ1v) is 15.2. The lowest BCUT2D eigenvalue weighted by Crippen LogP contribution is -2.56. The Bertz CT molecular complexity index is 1420. The highest BCUT2D eigenvalue weighted by molar-refractivity contribution is 6.05. The zero-order valence-corrected chi connectivity index (χ0v) is 25.0. The van der Waals surface area contributed by atoms with Crippen molar-refractivity contribution in [3.63, 3.8) is 0 Å². The normalized spacial score (nSPS) is 23.8. The number of halogens is 3. The summed E-state index contributed by atoms with van der Waals surface area (Å²) in [6.07, 6.45) is 6.92. The van der Waals surface area contributed by atoms with Crippen LogP contribution in [0.4, 0.5) is 19.0 Å². The Morgan fingerprint density at radius 3 is 2.52 bits per heavy atom. The Hall–Kier alpha value is -3.85. The second-order valence-electron chi connectivity index (χ2n) is 11.8. The third kappa shape index (κ3) is 6.34. The van der Waals surface area contributed by atoms with Crippen LogP contribution >= 0.6 is 0 Å². The Morgan fingerprint density at radius 1 is 1.20 bits per heavy atom. The number of benzene rings is 1. The molecule has 0 spiro atoms. The van der Waals surface area contributed by atoms with E-state index in [-0.39, 0.29) is 35.4 Å². The summed E-state index contributed by atoms with van der Waals surface area (Å²) in [6, 6.07) is 3.63. The van der Waals surface area contributed by atoms with Gasteiger partial charge >= 0.3 is 6.18 Å². The molecule has 1 saturated carbocycles. The molecule has 12 heteroatoms. The fourth-order valence-corrected chi connectivity index (χ4v) is 6.56. The zero-order chi connectivity index (χ0) is 31.6. The molecule has 1 aromatic heterocycles. The standard InChI is InChI=1S/C25H29F3N4O3.C7H9NO/c1-3-31-23-19(14(2)30-32(23)18-9-11-35-12-10-18)20(15-7-8-15)21(24(31)34)29-22(33)16-5-4-6-17(13-16)25(26,27)28;1-2-7-4-3-5-8(7)6-9/h4-6,13,15,18,20-21H,3,7-12H2,1-2H3,(H,29,33);1,6-7H,3-5H2. The topological polar surface area (TPSA) is 96.8 Å². The van der Waals surface area contributed by atoms with Gasteiger partial charge in [0.25, 0.3) is 11.8 Å². The lowest BCUT2D eigenvalue weighted by Gasteiger charge is -2.39. The lowest BCUT2D eigenvalue weighted by atomic mass is 9.82. The minimum absolute atomic E-state index is 0.0718. The van der Waals surface area contributed by atoms with Crippen molar-refractivity contribution >= 4 is 24.0 Å². The van der Waals surface area contributed by atoms with Gasteiger partial charge < -0.3 is 15.0 Å². The molecule has 2 saturated heterocycles. The van der Waals surface area contributed by atoms with E-state index in [1.165, 1.54) is 12.1 Å². The molecule has 3 fully saturated rings. The molecule has 1 aliphatic carbocycles. The highest BCUT2D eigenvalue weighted by atomic mass is 19.4. The maximum atomic E-state index is 13.8. The summed E-state index contributed by atoms with van der Waals surface area (Å²) >= 11 is 0. The SMILES string of the molecule is C#CC1CCCN1C=O.CCN1C(=O)C(NC(=O)c2cccc(C(F)(F)F)c2)C(C2CC2)c2c(C)nn(C3CCOCC3)c21. The first-order valence-electron chi connectivity index (χ1n) is 15.2. The van der Waals surface area contributed by atoms with Crippen LogP contribution in [0, 0.1) is 25.2 Å². The predicted octanol–water partition coefficient (Wildman–Crippen LogP) is 4.46. The molecule has 44 heavy (non-hydrogen) atoms. The minimum atomic E-state index is -4.56. The van der Waals surface area contributed by atoms with Crippen molar-refractivity contribution in [1.82, 2.24) is 20.0 Å². The first kappa shape index (κ1) is 31.6. The summed E-state index contributed by atoms with van der Waals surface area (Å²) in [4.78, 5) is 40.4. The number of anilines is 1. The number of amides is 3. The number of likely N-dealkylation sites (N-methyl/N-ethyl adjacent to an activating group) is 1. The van der Waals surface area contributed by atoms with Crippen LogP contribution < -0.4 is 10.2 Å². The number of alkyl halides is 3. The van der Waals surface area contributed by atoms with Crippen molar-refractivity contribution in [2.24, 2.45) is 5.92 Å². The molecular weight excluding hydrogens is 575 g/mol. The Morgan fingerprint density at radius 2 is 1.93 bits per heavy atom. The number of hydrogen-bond acceptors (Lipinski definition) is 5. The van der Waals surface area contributed by atoms with Crippen molar-refractivity contribution in [2.75, 3.05) is 31.2 Å². The summed E-state index contributed by atoms with van der Waals surface area (Å²) in [5, 5.41) is 7.65. The molecular formula is C32H38F3N5O4. The predicted molar refractivity (Wildman–Crippen MR) is 157 cm³/mol. The molecule has 9 nitrogen and oxygen atoms in total. The summed E-state index contributed by atoms with van der Waals surface area (Å²) in [5.41, 5.74) is 0.776. The van der Waals surface area contributed by atoms with Crippen LogP contribution in [0.25, 0.3) is 0 Å². The van der Waals surface area contributed by atoms with Crippen LogP contribution in [-0.4, -0.2) is 71.3 Å². The fraction of sp³-hybridized carbons (Fsp3) is 0.562. The molecule has 2 aromatic rings. The smallest absolute Gasteiger partial charge is 0.381 e. The van der Waals surface area contributed by atoms with Gasteiger partial charge in [-0.25, -0.2) is 4.68 Å². The third-order valence-electron chi connectivity index (χ3n) is 8.93. The van der Waals surface area contributed by atoms with E-state index < -0.39 is 23.7 Å². The Labute approximate surface area is 255 Å². The van der Waals surface area contributed by atoms with Crippen LogP contribution in [-0.2, 0) is 20.5 Å². The van der Waals surface area contributed by atoms with E-state index in [4.69, 9.17) is 16.3 Å². The number of carbonyl (C=O) groups is 3. The maximum absolute atomic E-state index is 13.8. The van der Waals surface area contributed by atoms with E-state index in [1.54, 1.807) is 9.80 Å². The molecule has 6 rings (SSSR count). The second kappa shape index (κ2) is 13.0. The maximum Gasteiger partial charge on any atom is 0.416 e. The number of terminal acetylenes is 1. The van der Waals surface area contributed by atoms with Crippen molar-refractivity contribution in [3.05, 3.63) is 46.6 Å². The summed E-state index contributed by atoms with van der Waals surface area (Å²) in [6.45, 7) is 6.31. The lowest BCUT2D eigenvalue weighted by molar-refractivity contribution is -0.137. The molecule has 3 unspecified atom stereocenters. The summed E-state index contributed by atoms with van der Waals surface area (Å²) in [7, 11) is 0. The Kier molecular flexibility index (Phi) is 9.34. The molecule has 4 aliphatic rings. The average molecular weight is 614 g/mol. The number of likely N-dealkylation sites (tertiary alicyclic amines) is 1. The van der Waals surface area contributed by atoms with Gasteiger partial charge in [-0.05, 0) is 76.5 Å². The van der Waals surface area contributed by atoms with Gasteiger partial charge in [0.15, 0.2) is 0 Å². The molecule has 1 aromatic carbocycles. The van der Waals surface area contributed by atoms with Gasteiger partial charge in [0, 0.05) is 43.3 Å². The van der Waals surface area contributed by atoms with Gasteiger partial charge in [-0.1, -0.05) is 12.0 Å². The molecule has 0 bridgehead atoms. The number of aromatic nitrogens is 2. The first-order chi connectivity index (χ1) is 21.1. The summed E-state index contributed by atoms with van der Waals surface area (Å²) < 4.78 is 47.0. The van der Waals surface area contributed by atoms with Crippen molar-refractivity contribution in [3.8, 4) is 12.3 Å². The molecule has 4 heterocycles. The minimum Gasteiger partial charge on any atom is -0.381 e. The van der Waals surface area contributed by atoms with Gasteiger partial charge in [-0.15, -0.1) is 6.42 Å². The van der Waals surface area contributed by atoms with Gasteiger partial charge in [0.05, 0.1) is 23.3 Å². The molecule has 236 valence electrons. The van der Waals surface area contributed by atoms with Crippen LogP contribution in [0.3, 0.4) is 0 Å². The number of aryl methyl sites for hydroxylation is 1. The summed E-state index contributed by atoms with van der Waals surface area (Å²) in [5.74, 6) is 2.38. The highest BCUT2D eigenvalue weighted by Gasteiger charge is 2.50. The van der Waals surface area contributed by atoms with E-state index in [1.807, 2.05) is 18.5 Å². The number of nitrogens with zero attached hydrogens (tertiary/aromatic N) is 4. The van der Waals surface area contributed by atoms with Crippen molar-refractivity contribution < 1.29 is 32.3 Å². The van der Waals surface area contributed by atoms with Crippen LogP contribution in [0.15, 0.2) is 24.3 Å². The molecule has 0 radical (unpaired) electrons. The van der Waals surface area contributed by atoms with E-state index in [9.17, 15) is 27.6 Å². The number of rotatable bonds is 6. The van der Waals surface area contributed by atoms with Crippen molar-refractivity contribution in [2.45, 2.75) is 82.6 Å². The average Bonchev–Trinajstić information content (AvgIpc) is 3.66. The van der Waals surface area contributed by atoms with Crippen molar-refractivity contribution in [1.29, 1.82) is 0 Å². The molecule has 3 amide bonds. The van der Waals surface area contributed by atoms with Gasteiger partial charge in [0.1, 0.15) is 11.9 Å². The van der Waals surface area contributed by atoms with E-state index in [2.05, 4.69) is 11.2 Å². The number of hydrogen-bond donors (Lipinski definition) is 1. The van der Waals surface area contributed by atoms with E-state index in [0.717, 1.165) is 80.7 Å². The second-order valence-corrected chi connectivity index (χ2v) is 11.8. The quantitative estimate of drug-likeness (QED) is 0.384.